The molecule has 0 amide bonds. The molecule has 0 saturated heterocycles. The quantitative estimate of drug-likeness (QED) is 0.183. The van der Waals surface area contributed by atoms with Crippen LogP contribution in [0.25, 0.3) is 6.08 Å². The van der Waals surface area contributed by atoms with E-state index in [1.165, 1.54) is 16.9 Å². The fourth-order valence-corrected chi connectivity index (χ4v) is 6.76. The summed E-state index contributed by atoms with van der Waals surface area (Å²) >= 11 is 1.30. The van der Waals surface area contributed by atoms with Crippen LogP contribution in [0.4, 0.5) is 0 Å². The van der Waals surface area contributed by atoms with Crippen molar-refractivity contribution < 1.29 is 28.5 Å². The maximum absolute atomic E-state index is 14.2. The van der Waals surface area contributed by atoms with Crippen molar-refractivity contribution in [3.8, 4) is 23.0 Å². The number of benzene rings is 3. The predicted octanol–water partition coefficient (Wildman–Crippen LogP) is 6.02. The third kappa shape index (κ3) is 6.55. The van der Waals surface area contributed by atoms with Gasteiger partial charge in [0.15, 0.2) is 27.8 Å². The minimum atomic E-state index is -0.656. The number of methoxy groups -OCH3 is 1. The minimum Gasteiger partial charge on any atom is -0.493 e. The Kier molecular flexibility index (Phi) is 9.49. The largest absolute Gasteiger partial charge is 0.493 e. The zero-order valence-corrected chi connectivity index (χ0v) is 28.0. The van der Waals surface area contributed by atoms with Crippen molar-refractivity contribution in [3.63, 3.8) is 0 Å². The Morgan fingerprint density at radius 2 is 1.83 bits per heavy atom. The summed E-state index contributed by atoms with van der Waals surface area (Å²) in [5, 5.41) is 0. The van der Waals surface area contributed by atoms with Crippen LogP contribution in [-0.2, 0) is 16.1 Å². The van der Waals surface area contributed by atoms with Gasteiger partial charge in [0.25, 0.3) is 5.56 Å². The molecule has 47 heavy (non-hydrogen) atoms. The van der Waals surface area contributed by atoms with E-state index in [1.54, 1.807) is 18.6 Å². The van der Waals surface area contributed by atoms with E-state index in [-0.39, 0.29) is 19.0 Å². The molecular formula is C37H38N2O7S. The number of nitrogens with zero attached hydrogens (tertiary/aromatic N) is 2. The molecule has 0 radical (unpaired) electrons. The monoisotopic (exact) mass is 654 g/mol. The summed E-state index contributed by atoms with van der Waals surface area (Å²) in [6.45, 7) is 8.84. The highest BCUT2D eigenvalue weighted by atomic mass is 32.1. The SMILES string of the molecule is CCCC1=C(C(=O)OCC)[C@H](c2ccc(C(C)C)cc2)n2c(s/c(=C\c3ccc(OCc4ccc5c(c4)OCO5)c(OC)c3)c2=O)=N1. The van der Waals surface area contributed by atoms with Crippen LogP contribution in [0.2, 0.25) is 0 Å². The van der Waals surface area contributed by atoms with Gasteiger partial charge in [-0.15, -0.1) is 0 Å². The second-order valence-electron chi connectivity index (χ2n) is 11.6. The fraction of sp³-hybridized carbons (Fsp3) is 0.324. The number of thiazole rings is 1. The van der Waals surface area contributed by atoms with Crippen molar-refractivity contribution in [1.29, 1.82) is 0 Å². The first-order chi connectivity index (χ1) is 22.8. The molecule has 3 aromatic carbocycles. The molecule has 0 saturated carbocycles. The van der Waals surface area contributed by atoms with Crippen LogP contribution in [-0.4, -0.2) is 31.0 Å². The third-order valence-corrected chi connectivity index (χ3v) is 9.11. The zero-order chi connectivity index (χ0) is 33.1. The van der Waals surface area contributed by atoms with Gasteiger partial charge >= 0.3 is 5.97 Å². The van der Waals surface area contributed by atoms with Crippen LogP contribution in [0.15, 0.2) is 81.7 Å². The first kappa shape index (κ1) is 32.1. The molecule has 0 bridgehead atoms. The number of fused-ring (bicyclic) bond motifs is 2. The van der Waals surface area contributed by atoms with E-state index >= 15 is 0 Å². The lowest BCUT2D eigenvalue weighted by atomic mass is 9.92. The van der Waals surface area contributed by atoms with Crippen LogP contribution >= 0.6 is 11.3 Å². The van der Waals surface area contributed by atoms with Gasteiger partial charge in [-0.25, -0.2) is 9.79 Å². The molecule has 4 aromatic rings. The number of carbonyl (C=O) groups is 1. The van der Waals surface area contributed by atoms with E-state index in [0.29, 0.717) is 56.8 Å². The molecule has 0 aliphatic carbocycles. The second-order valence-corrected chi connectivity index (χ2v) is 12.6. The van der Waals surface area contributed by atoms with E-state index in [2.05, 4.69) is 26.0 Å². The molecule has 10 heteroatoms. The first-order valence-electron chi connectivity index (χ1n) is 15.8. The summed E-state index contributed by atoms with van der Waals surface area (Å²) in [6, 6.07) is 18.7. The van der Waals surface area contributed by atoms with Gasteiger partial charge < -0.3 is 23.7 Å². The van der Waals surface area contributed by atoms with E-state index in [9.17, 15) is 9.59 Å². The van der Waals surface area contributed by atoms with Gasteiger partial charge in [0.05, 0.1) is 35.6 Å². The summed E-state index contributed by atoms with van der Waals surface area (Å²) in [5.41, 5.74) is 4.54. The Morgan fingerprint density at radius 3 is 2.55 bits per heavy atom. The Morgan fingerprint density at radius 1 is 1.04 bits per heavy atom. The highest BCUT2D eigenvalue weighted by Gasteiger charge is 2.34. The van der Waals surface area contributed by atoms with E-state index in [1.807, 2.05) is 61.5 Å². The minimum absolute atomic E-state index is 0.214. The maximum Gasteiger partial charge on any atom is 0.338 e. The molecule has 9 nitrogen and oxygen atoms in total. The molecule has 6 rings (SSSR count). The second kappa shape index (κ2) is 13.9. The molecule has 1 atom stereocenters. The summed E-state index contributed by atoms with van der Waals surface area (Å²) < 4.78 is 30.2. The number of ether oxygens (including phenoxy) is 5. The molecule has 0 spiro atoms. The Hall–Kier alpha value is -4.83. The van der Waals surface area contributed by atoms with Crippen molar-refractivity contribution in [2.45, 2.75) is 59.1 Å². The Balaban J connectivity index is 1.37. The van der Waals surface area contributed by atoms with Gasteiger partial charge in [-0.2, -0.15) is 0 Å². The Bertz CT molecular complexity index is 2010. The van der Waals surface area contributed by atoms with Gasteiger partial charge in [-0.1, -0.05) is 74.9 Å². The summed E-state index contributed by atoms with van der Waals surface area (Å²) in [7, 11) is 1.58. The van der Waals surface area contributed by atoms with Gasteiger partial charge in [-0.05, 0) is 71.9 Å². The zero-order valence-electron chi connectivity index (χ0n) is 27.2. The van der Waals surface area contributed by atoms with Gasteiger partial charge in [-0.3, -0.25) is 9.36 Å². The lowest BCUT2D eigenvalue weighted by Gasteiger charge is -2.26. The molecule has 0 unspecified atom stereocenters. The highest BCUT2D eigenvalue weighted by molar-refractivity contribution is 7.07. The van der Waals surface area contributed by atoms with E-state index in [0.717, 1.165) is 28.9 Å². The molecule has 3 heterocycles. The number of hydrogen-bond acceptors (Lipinski definition) is 9. The standard InChI is InChI=1S/C37H38N2O7S/c1-6-8-27-33(36(41)43-7-2)34(26-13-11-25(12-14-26)22(3)4)39-35(40)32(47-37(39)38-27)19-23-9-15-28(30(17-23)42-5)44-20-24-10-16-29-31(18-24)46-21-45-29/h9-19,22,34H,6-8,20-21H2,1-5H3/b32-19-/t34-/m0/s1. The number of hydrogen-bond donors (Lipinski definition) is 0. The Labute approximate surface area is 277 Å². The average molecular weight is 655 g/mol. The van der Waals surface area contributed by atoms with Gasteiger partial charge in [0.2, 0.25) is 6.79 Å². The van der Waals surface area contributed by atoms with Crippen molar-refractivity contribution in [2.75, 3.05) is 20.5 Å². The summed E-state index contributed by atoms with van der Waals surface area (Å²) in [4.78, 5) is 33.0. The fourth-order valence-electron chi connectivity index (χ4n) is 5.74. The van der Waals surface area contributed by atoms with E-state index in [4.69, 9.17) is 28.7 Å². The summed E-state index contributed by atoms with van der Waals surface area (Å²) in [5.74, 6) is 2.41. The number of allylic oxidation sites excluding steroid dienone is 1. The molecule has 244 valence electrons. The number of esters is 1. The van der Waals surface area contributed by atoms with Crippen molar-refractivity contribution in [1.82, 2.24) is 4.57 Å². The smallest absolute Gasteiger partial charge is 0.338 e. The van der Waals surface area contributed by atoms with Crippen LogP contribution in [0.5, 0.6) is 23.0 Å². The molecule has 2 aliphatic rings. The van der Waals surface area contributed by atoms with Crippen LogP contribution in [0.1, 0.15) is 74.8 Å². The first-order valence-corrected chi connectivity index (χ1v) is 16.6. The predicted molar refractivity (Wildman–Crippen MR) is 180 cm³/mol. The topological polar surface area (TPSA) is 97.6 Å². The van der Waals surface area contributed by atoms with E-state index < -0.39 is 12.0 Å². The number of rotatable bonds is 11. The highest BCUT2D eigenvalue weighted by Crippen LogP contribution is 2.35. The van der Waals surface area contributed by atoms with Gasteiger partial charge in [0, 0.05) is 0 Å². The van der Waals surface area contributed by atoms with Crippen LogP contribution in [0.3, 0.4) is 0 Å². The number of aromatic nitrogens is 1. The lowest BCUT2D eigenvalue weighted by molar-refractivity contribution is -0.139. The molecule has 0 fully saturated rings. The molecule has 0 N–H and O–H groups in total. The molecule has 1 aromatic heterocycles. The lowest BCUT2D eigenvalue weighted by Crippen LogP contribution is -2.40. The van der Waals surface area contributed by atoms with Crippen molar-refractivity contribution in [2.24, 2.45) is 4.99 Å². The number of carbonyl (C=O) groups excluding carboxylic acids is 1. The third-order valence-electron chi connectivity index (χ3n) is 8.13. The van der Waals surface area contributed by atoms with Crippen molar-refractivity contribution in [3.05, 3.63) is 114 Å². The van der Waals surface area contributed by atoms with Crippen LogP contribution < -0.4 is 33.8 Å². The normalized spacial score (nSPS) is 15.4. The molecular weight excluding hydrogens is 616 g/mol. The summed E-state index contributed by atoms with van der Waals surface area (Å²) in [6.07, 6.45) is 3.20. The average Bonchev–Trinajstić information content (AvgIpc) is 3.67. The molecule has 2 aliphatic heterocycles. The van der Waals surface area contributed by atoms with Crippen LogP contribution in [0, 0.1) is 0 Å². The van der Waals surface area contributed by atoms with Gasteiger partial charge in [0.1, 0.15) is 6.61 Å². The maximum atomic E-state index is 14.2. The van der Waals surface area contributed by atoms with Crippen molar-refractivity contribution >= 4 is 23.4 Å².